The van der Waals surface area contributed by atoms with Crippen molar-refractivity contribution in [2.45, 2.75) is 6.42 Å². The van der Waals surface area contributed by atoms with Gasteiger partial charge in [-0.25, -0.2) is 0 Å². The van der Waals surface area contributed by atoms with Gasteiger partial charge in [0.25, 0.3) is 0 Å². The SMILES string of the molecule is C1=Cc2c3ccccc3cc3cc4ccccc4c(c23)C1. The first kappa shape index (κ1) is 11.1. The van der Waals surface area contributed by atoms with Gasteiger partial charge in [-0.2, -0.15) is 0 Å². The van der Waals surface area contributed by atoms with Gasteiger partial charge in [-0.05, 0) is 62.0 Å². The Morgan fingerprint density at radius 1 is 0.667 bits per heavy atom. The Balaban J connectivity index is 2.12. The van der Waals surface area contributed by atoms with Gasteiger partial charge in [-0.15, -0.1) is 0 Å². The van der Waals surface area contributed by atoms with Crippen molar-refractivity contribution in [2.24, 2.45) is 0 Å². The molecule has 0 nitrogen and oxygen atoms in total. The topological polar surface area (TPSA) is 0 Å². The molecule has 0 atom stereocenters. The van der Waals surface area contributed by atoms with Gasteiger partial charge in [0.2, 0.25) is 0 Å². The number of rotatable bonds is 0. The molecule has 0 heterocycles. The van der Waals surface area contributed by atoms with Crippen LogP contribution in [0.1, 0.15) is 11.1 Å². The summed E-state index contributed by atoms with van der Waals surface area (Å²) in [5, 5.41) is 8.23. The summed E-state index contributed by atoms with van der Waals surface area (Å²) in [6.45, 7) is 0. The predicted molar refractivity (Wildman–Crippen MR) is 91.7 cm³/mol. The van der Waals surface area contributed by atoms with Crippen molar-refractivity contribution in [3.8, 4) is 0 Å². The van der Waals surface area contributed by atoms with E-state index in [1.807, 2.05) is 0 Å². The number of hydrogen-bond donors (Lipinski definition) is 0. The molecular weight excluding hydrogens is 252 g/mol. The molecule has 5 rings (SSSR count). The van der Waals surface area contributed by atoms with Crippen molar-refractivity contribution in [2.75, 3.05) is 0 Å². The highest BCUT2D eigenvalue weighted by Crippen LogP contribution is 2.38. The van der Waals surface area contributed by atoms with Crippen LogP contribution in [0.25, 0.3) is 38.4 Å². The second-order valence-electron chi connectivity index (χ2n) is 5.79. The molecule has 0 spiro atoms. The number of benzene rings is 4. The summed E-state index contributed by atoms with van der Waals surface area (Å²) in [5.41, 5.74) is 2.86. The van der Waals surface area contributed by atoms with Gasteiger partial charge in [0.05, 0.1) is 0 Å². The Morgan fingerprint density at radius 2 is 1.33 bits per heavy atom. The first-order valence-electron chi connectivity index (χ1n) is 7.44. The highest BCUT2D eigenvalue weighted by molar-refractivity contribution is 6.14. The fourth-order valence-corrected chi connectivity index (χ4v) is 3.73. The molecule has 98 valence electrons. The lowest BCUT2D eigenvalue weighted by Gasteiger charge is -2.18. The van der Waals surface area contributed by atoms with Gasteiger partial charge in [0.15, 0.2) is 0 Å². The van der Waals surface area contributed by atoms with Crippen LogP contribution in [-0.4, -0.2) is 0 Å². The summed E-state index contributed by atoms with van der Waals surface area (Å²) in [5.74, 6) is 0. The van der Waals surface area contributed by atoms with E-state index < -0.39 is 0 Å². The normalized spacial score (nSPS) is 13.3. The summed E-state index contributed by atoms with van der Waals surface area (Å²) in [6, 6.07) is 22.1. The molecule has 4 aromatic carbocycles. The monoisotopic (exact) mass is 266 g/mol. The van der Waals surface area contributed by atoms with Crippen molar-refractivity contribution in [3.63, 3.8) is 0 Å². The molecule has 21 heavy (non-hydrogen) atoms. The Kier molecular flexibility index (Phi) is 2.09. The summed E-state index contributed by atoms with van der Waals surface area (Å²) in [4.78, 5) is 0. The second-order valence-corrected chi connectivity index (χ2v) is 5.79. The molecule has 0 unspecified atom stereocenters. The summed E-state index contributed by atoms with van der Waals surface area (Å²) < 4.78 is 0. The number of allylic oxidation sites excluding steroid dienone is 1. The first-order chi connectivity index (χ1) is 10.4. The molecule has 0 amide bonds. The first-order valence-corrected chi connectivity index (χ1v) is 7.44. The van der Waals surface area contributed by atoms with E-state index in [2.05, 4.69) is 72.8 Å². The Labute approximate surface area is 123 Å². The van der Waals surface area contributed by atoms with E-state index in [0.29, 0.717) is 0 Å². The fraction of sp³-hybridized carbons (Fsp3) is 0.0476. The number of fused-ring (bicyclic) bond motifs is 4. The maximum absolute atomic E-state index is 2.34. The van der Waals surface area contributed by atoms with Crippen LogP contribution in [0.5, 0.6) is 0 Å². The summed E-state index contributed by atoms with van der Waals surface area (Å²) in [7, 11) is 0. The molecule has 0 aromatic heterocycles. The van der Waals surface area contributed by atoms with Crippen molar-refractivity contribution in [3.05, 3.63) is 77.9 Å². The molecule has 4 aromatic rings. The Morgan fingerprint density at radius 3 is 2.14 bits per heavy atom. The van der Waals surface area contributed by atoms with Crippen LogP contribution in [0.4, 0.5) is 0 Å². The molecule has 0 radical (unpaired) electrons. The van der Waals surface area contributed by atoms with Crippen LogP contribution in [0.2, 0.25) is 0 Å². The van der Waals surface area contributed by atoms with E-state index >= 15 is 0 Å². The minimum absolute atomic E-state index is 1.03. The summed E-state index contributed by atoms with van der Waals surface area (Å²) >= 11 is 0. The Bertz CT molecular complexity index is 1050. The third-order valence-electron chi connectivity index (χ3n) is 4.63. The zero-order valence-electron chi connectivity index (χ0n) is 11.6. The zero-order valence-corrected chi connectivity index (χ0v) is 11.6. The van der Waals surface area contributed by atoms with Gasteiger partial charge in [-0.1, -0.05) is 60.7 Å². The molecule has 0 saturated carbocycles. The lowest BCUT2D eigenvalue weighted by Crippen LogP contribution is -1.96. The lowest BCUT2D eigenvalue weighted by molar-refractivity contribution is 1.32. The minimum atomic E-state index is 1.03. The van der Waals surface area contributed by atoms with Crippen LogP contribution in [0.15, 0.2) is 66.7 Å². The average Bonchev–Trinajstić information content (AvgIpc) is 2.55. The zero-order chi connectivity index (χ0) is 13.8. The van der Waals surface area contributed by atoms with Gasteiger partial charge in [0.1, 0.15) is 0 Å². The van der Waals surface area contributed by atoms with Crippen LogP contribution in [-0.2, 0) is 6.42 Å². The van der Waals surface area contributed by atoms with Crippen LogP contribution < -0.4 is 0 Å². The maximum Gasteiger partial charge on any atom is -0.00634 e. The van der Waals surface area contributed by atoms with Crippen LogP contribution in [0, 0.1) is 0 Å². The van der Waals surface area contributed by atoms with Crippen molar-refractivity contribution in [1.82, 2.24) is 0 Å². The molecule has 0 aliphatic heterocycles. The van der Waals surface area contributed by atoms with Crippen LogP contribution in [0.3, 0.4) is 0 Å². The van der Waals surface area contributed by atoms with E-state index in [0.717, 1.165) is 6.42 Å². The van der Waals surface area contributed by atoms with E-state index in [4.69, 9.17) is 0 Å². The molecule has 0 heteroatoms. The van der Waals surface area contributed by atoms with E-state index in [-0.39, 0.29) is 0 Å². The van der Waals surface area contributed by atoms with Crippen molar-refractivity contribution in [1.29, 1.82) is 0 Å². The van der Waals surface area contributed by atoms with Crippen LogP contribution >= 0.6 is 0 Å². The van der Waals surface area contributed by atoms with Crippen molar-refractivity contribution >= 4 is 38.4 Å². The summed E-state index contributed by atoms with van der Waals surface area (Å²) in [6.07, 6.45) is 5.63. The van der Waals surface area contributed by atoms with E-state index in [1.165, 1.54) is 43.4 Å². The lowest BCUT2D eigenvalue weighted by atomic mass is 9.86. The van der Waals surface area contributed by atoms with E-state index in [9.17, 15) is 0 Å². The minimum Gasteiger partial charge on any atom is -0.0795 e. The largest absolute Gasteiger partial charge is 0.0795 e. The highest BCUT2D eigenvalue weighted by atomic mass is 14.2. The Hall–Kier alpha value is -2.60. The van der Waals surface area contributed by atoms with Gasteiger partial charge < -0.3 is 0 Å². The molecule has 1 aliphatic rings. The maximum atomic E-state index is 2.34. The number of hydrogen-bond acceptors (Lipinski definition) is 0. The average molecular weight is 266 g/mol. The molecule has 0 N–H and O–H groups in total. The molecular formula is C21H14. The van der Waals surface area contributed by atoms with Gasteiger partial charge in [-0.3, -0.25) is 0 Å². The van der Waals surface area contributed by atoms with Gasteiger partial charge >= 0.3 is 0 Å². The third kappa shape index (κ3) is 1.45. The molecule has 0 bridgehead atoms. The molecule has 0 fully saturated rings. The molecule has 1 aliphatic carbocycles. The van der Waals surface area contributed by atoms with Gasteiger partial charge in [0, 0.05) is 0 Å². The molecule has 0 saturated heterocycles. The predicted octanol–water partition coefficient (Wildman–Crippen LogP) is 5.72. The smallest absolute Gasteiger partial charge is 0.00634 e. The van der Waals surface area contributed by atoms with Crippen molar-refractivity contribution < 1.29 is 0 Å². The third-order valence-corrected chi connectivity index (χ3v) is 4.63. The quantitative estimate of drug-likeness (QED) is 0.357. The second kappa shape index (κ2) is 3.95. The van der Waals surface area contributed by atoms with E-state index in [1.54, 1.807) is 0 Å². The standard InChI is InChI=1S/C21H14/c1-3-8-17-14(6-1)12-16-13-15-7-2-4-9-18(15)20-11-5-10-19(17)21(16)20/h1-10,12-13H,11H2. The fourth-order valence-electron chi connectivity index (χ4n) is 3.73. The highest BCUT2D eigenvalue weighted by Gasteiger charge is 2.14.